The van der Waals surface area contributed by atoms with E-state index in [1.807, 2.05) is 36.4 Å². The number of benzene rings is 2. The molecule has 2 aromatic rings. The second-order valence-electron chi connectivity index (χ2n) is 5.05. The molecule has 2 rings (SSSR count). The van der Waals surface area contributed by atoms with E-state index in [2.05, 4.69) is 0 Å². The normalized spacial score (nSPS) is 10.4. The number of nitrogen functional groups attached to an aromatic ring is 1. The summed E-state index contributed by atoms with van der Waals surface area (Å²) in [5, 5.41) is 0. The van der Waals surface area contributed by atoms with Crippen molar-refractivity contribution in [1.82, 2.24) is 0 Å². The predicted octanol–water partition coefficient (Wildman–Crippen LogP) is 3.20. The molecule has 0 fully saturated rings. The largest absolute Gasteiger partial charge is 0.465 e. The van der Waals surface area contributed by atoms with Crippen LogP contribution < -0.4 is 5.73 Å². The molecule has 0 aliphatic heterocycles. The summed E-state index contributed by atoms with van der Waals surface area (Å²) >= 11 is 0. The van der Waals surface area contributed by atoms with Gasteiger partial charge in [-0.05, 0) is 36.1 Å². The first-order valence-electron chi connectivity index (χ1n) is 7.29. The molecule has 116 valence electrons. The molecule has 0 unspecified atom stereocenters. The molecule has 0 radical (unpaired) electrons. The second kappa shape index (κ2) is 8.20. The summed E-state index contributed by atoms with van der Waals surface area (Å²) in [5.74, 6) is -0.403. The highest BCUT2D eigenvalue weighted by Gasteiger charge is 2.10. The number of aryl methyl sites for hydroxylation is 1. The quantitative estimate of drug-likeness (QED) is 0.484. The van der Waals surface area contributed by atoms with E-state index in [0.29, 0.717) is 24.5 Å². The zero-order valence-corrected chi connectivity index (χ0v) is 12.7. The van der Waals surface area contributed by atoms with Crippen molar-refractivity contribution >= 4 is 11.7 Å². The molecule has 0 atom stereocenters. The lowest BCUT2D eigenvalue weighted by Crippen LogP contribution is -2.06. The number of esters is 1. The number of nitrogens with two attached hydrogens (primary N) is 1. The first-order valence-corrected chi connectivity index (χ1v) is 7.29. The average Bonchev–Trinajstić information content (AvgIpc) is 2.56. The molecule has 2 aromatic carbocycles. The van der Waals surface area contributed by atoms with Crippen LogP contribution in [0, 0.1) is 0 Å². The van der Waals surface area contributed by atoms with E-state index in [0.717, 1.165) is 18.4 Å². The third-order valence-electron chi connectivity index (χ3n) is 3.39. The van der Waals surface area contributed by atoms with Crippen LogP contribution in [0.25, 0.3) is 0 Å². The van der Waals surface area contributed by atoms with Crippen LogP contribution in [0.15, 0.2) is 48.5 Å². The number of hydrogen-bond donors (Lipinski definition) is 1. The summed E-state index contributed by atoms with van der Waals surface area (Å²) < 4.78 is 10.4. The Labute approximate surface area is 130 Å². The van der Waals surface area contributed by atoms with Crippen LogP contribution in [0.2, 0.25) is 0 Å². The molecule has 0 saturated carbocycles. The zero-order chi connectivity index (χ0) is 15.8. The molecule has 22 heavy (non-hydrogen) atoms. The van der Waals surface area contributed by atoms with Crippen molar-refractivity contribution in [3.8, 4) is 0 Å². The molecule has 0 saturated heterocycles. The molecule has 2 N–H and O–H groups in total. The summed E-state index contributed by atoms with van der Waals surface area (Å²) in [6.45, 7) is 1.29. The van der Waals surface area contributed by atoms with Crippen molar-refractivity contribution in [3.63, 3.8) is 0 Å². The van der Waals surface area contributed by atoms with Crippen molar-refractivity contribution in [2.24, 2.45) is 0 Å². The van der Waals surface area contributed by atoms with Gasteiger partial charge in [-0.15, -0.1) is 0 Å². The Morgan fingerprint density at radius 2 is 1.86 bits per heavy atom. The second-order valence-corrected chi connectivity index (χ2v) is 5.05. The molecule has 4 nitrogen and oxygen atoms in total. The molecule has 0 bridgehead atoms. The summed E-state index contributed by atoms with van der Waals surface area (Å²) in [7, 11) is 1.35. The predicted molar refractivity (Wildman–Crippen MR) is 86.6 cm³/mol. The molecule has 0 heterocycles. The minimum atomic E-state index is -0.403. The Bertz CT molecular complexity index is 611. The summed E-state index contributed by atoms with van der Waals surface area (Å²) in [4.78, 5) is 11.6. The average molecular weight is 299 g/mol. The van der Waals surface area contributed by atoms with Crippen LogP contribution in [0.3, 0.4) is 0 Å². The van der Waals surface area contributed by atoms with Crippen molar-refractivity contribution < 1.29 is 14.3 Å². The number of anilines is 1. The van der Waals surface area contributed by atoms with Crippen LogP contribution in [0.1, 0.15) is 27.9 Å². The Kier molecular flexibility index (Phi) is 5.98. The smallest absolute Gasteiger partial charge is 0.339 e. The fourth-order valence-corrected chi connectivity index (χ4v) is 2.19. The third kappa shape index (κ3) is 4.60. The monoisotopic (exact) mass is 299 g/mol. The lowest BCUT2D eigenvalue weighted by atomic mass is 10.1. The van der Waals surface area contributed by atoms with Crippen LogP contribution in [-0.2, 0) is 22.5 Å². The third-order valence-corrected chi connectivity index (χ3v) is 3.39. The fourth-order valence-electron chi connectivity index (χ4n) is 2.19. The molecule has 0 aliphatic carbocycles. The highest BCUT2D eigenvalue weighted by Crippen LogP contribution is 2.16. The van der Waals surface area contributed by atoms with Crippen molar-refractivity contribution in [2.75, 3.05) is 19.5 Å². The topological polar surface area (TPSA) is 61.5 Å². The van der Waals surface area contributed by atoms with E-state index in [9.17, 15) is 4.79 Å². The number of carbonyl (C=O) groups is 1. The maximum absolute atomic E-state index is 11.6. The van der Waals surface area contributed by atoms with Crippen LogP contribution in [0.4, 0.5) is 5.69 Å². The molecular formula is C18H21NO3. The van der Waals surface area contributed by atoms with Crippen molar-refractivity contribution in [1.29, 1.82) is 0 Å². The molecule has 0 amide bonds. The lowest BCUT2D eigenvalue weighted by molar-refractivity contribution is 0.0602. The maximum Gasteiger partial charge on any atom is 0.339 e. The molecule has 0 spiro atoms. The maximum atomic E-state index is 11.6. The number of rotatable bonds is 7. The summed E-state index contributed by atoms with van der Waals surface area (Å²) in [5.41, 5.74) is 8.87. The molecule has 0 aliphatic rings. The fraction of sp³-hybridized carbons (Fsp3) is 0.278. The first kappa shape index (κ1) is 16.0. The molecule has 0 aromatic heterocycles. The van der Waals surface area contributed by atoms with Gasteiger partial charge in [-0.3, -0.25) is 0 Å². The van der Waals surface area contributed by atoms with E-state index in [-0.39, 0.29) is 0 Å². The van der Waals surface area contributed by atoms with Gasteiger partial charge in [0.15, 0.2) is 0 Å². The summed E-state index contributed by atoms with van der Waals surface area (Å²) in [6.07, 6.45) is 1.72. The van der Waals surface area contributed by atoms with Gasteiger partial charge < -0.3 is 15.2 Å². The Hall–Kier alpha value is -2.33. The van der Waals surface area contributed by atoms with Crippen LogP contribution >= 0.6 is 0 Å². The Balaban J connectivity index is 1.78. The lowest BCUT2D eigenvalue weighted by Gasteiger charge is -2.08. The van der Waals surface area contributed by atoms with Gasteiger partial charge in [0.2, 0.25) is 0 Å². The van der Waals surface area contributed by atoms with Gasteiger partial charge in [0.1, 0.15) is 0 Å². The first-order chi connectivity index (χ1) is 10.7. The van der Waals surface area contributed by atoms with E-state index < -0.39 is 5.97 Å². The van der Waals surface area contributed by atoms with E-state index in [1.165, 1.54) is 12.7 Å². The van der Waals surface area contributed by atoms with Crippen LogP contribution in [-0.4, -0.2) is 19.7 Å². The highest BCUT2D eigenvalue weighted by molar-refractivity contribution is 5.95. The van der Waals surface area contributed by atoms with Gasteiger partial charge in [0.05, 0.1) is 19.3 Å². The number of ether oxygens (including phenoxy) is 2. The Morgan fingerprint density at radius 3 is 2.59 bits per heavy atom. The number of hydrogen-bond acceptors (Lipinski definition) is 4. The minimum absolute atomic E-state index is 0.403. The van der Waals surface area contributed by atoms with Gasteiger partial charge >= 0.3 is 5.97 Å². The SMILES string of the molecule is COC(=O)c1cc(CCCOCc2ccccc2)ccc1N. The van der Waals surface area contributed by atoms with Crippen molar-refractivity contribution in [3.05, 3.63) is 65.2 Å². The minimum Gasteiger partial charge on any atom is -0.465 e. The zero-order valence-electron chi connectivity index (χ0n) is 12.7. The van der Waals surface area contributed by atoms with E-state index in [4.69, 9.17) is 15.2 Å². The van der Waals surface area contributed by atoms with Gasteiger partial charge in [-0.25, -0.2) is 4.79 Å². The molecule has 4 heteroatoms. The van der Waals surface area contributed by atoms with Gasteiger partial charge in [-0.1, -0.05) is 36.4 Å². The van der Waals surface area contributed by atoms with E-state index in [1.54, 1.807) is 12.1 Å². The van der Waals surface area contributed by atoms with Crippen molar-refractivity contribution in [2.45, 2.75) is 19.4 Å². The van der Waals surface area contributed by atoms with E-state index >= 15 is 0 Å². The van der Waals surface area contributed by atoms with Gasteiger partial charge in [-0.2, -0.15) is 0 Å². The number of carbonyl (C=O) groups excluding carboxylic acids is 1. The number of methoxy groups -OCH3 is 1. The standard InChI is InChI=1S/C18H21NO3/c1-21-18(20)16-12-14(9-10-17(16)19)8-5-11-22-13-15-6-3-2-4-7-15/h2-4,6-7,9-10,12H,5,8,11,13,19H2,1H3. The van der Waals surface area contributed by atoms with Gasteiger partial charge in [0.25, 0.3) is 0 Å². The van der Waals surface area contributed by atoms with Gasteiger partial charge in [0, 0.05) is 12.3 Å². The molecular weight excluding hydrogens is 278 g/mol. The Morgan fingerprint density at radius 1 is 1.09 bits per heavy atom. The summed E-state index contributed by atoms with van der Waals surface area (Å²) in [6, 6.07) is 15.5. The van der Waals surface area contributed by atoms with Crippen LogP contribution in [0.5, 0.6) is 0 Å². The highest BCUT2D eigenvalue weighted by atomic mass is 16.5.